The molecule has 2 atom stereocenters. The fraction of sp³-hybridized carbons (Fsp3) is 0.174. The molecule has 3 heteroatoms. The molecule has 0 unspecified atom stereocenters. The van der Waals surface area contributed by atoms with Crippen molar-refractivity contribution in [3.05, 3.63) is 96.1 Å². The lowest BCUT2D eigenvalue weighted by atomic mass is 10.0. The monoisotopic (exact) mass is 343 g/mol. The molecule has 26 heavy (non-hydrogen) atoms. The Balaban J connectivity index is 1.79. The number of carbonyl (C=O) groups excluding carboxylic acids is 1. The summed E-state index contributed by atoms with van der Waals surface area (Å²) in [5.41, 5.74) is 3.23. The van der Waals surface area contributed by atoms with E-state index in [9.17, 15) is 4.79 Å². The van der Waals surface area contributed by atoms with Crippen LogP contribution in [0.3, 0.4) is 0 Å². The predicted molar refractivity (Wildman–Crippen MR) is 103 cm³/mol. The number of carbonyl (C=O) groups is 1. The number of hydrogen-bond donors (Lipinski definition) is 0. The molecule has 1 aliphatic heterocycles. The van der Waals surface area contributed by atoms with Crippen LogP contribution in [-0.2, 0) is 4.79 Å². The van der Waals surface area contributed by atoms with Crippen LogP contribution in [0.1, 0.15) is 29.6 Å². The molecule has 3 aromatic carbocycles. The van der Waals surface area contributed by atoms with Gasteiger partial charge < -0.3 is 9.64 Å². The van der Waals surface area contributed by atoms with Gasteiger partial charge in [0.15, 0.2) is 5.78 Å². The van der Waals surface area contributed by atoms with Crippen molar-refractivity contribution in [2.45, 2.75) is 18.5 Å². The summed E-state index contributed by atoms with van der Waals surface area (Å²) < 4.78 is 5.27. The Bertz CT molecular complexity index is 875. The lowest BCUT2D eigenvalue weighted by molar-refractivity contribution is -0.118. The van der Waals surface area contributed by atoms with Crippen molar-refractivity contribution in [2.24, 2.45) is 0 Å². The van der Waals surface area contributed by atoms with Crippen LogP contribution in [0, 0.1) is 0 Å². The zero-order valence-electron chi connectivity index (χ0n) is 14.7. The first-order valence-corrected chi connectivity index (χ1v) is 8.83. The van der Waals surface area contributed by atoms with Gasteiger partial charge in [0.05, 0.1) is 13.2 Å². The summed E-state index contributed by atoms with van der Waals surface area (Å²) in [6.07, 6.45) is 0.501. The molecule has 1 saturated heterocycles. The summed E-state index contributed by atoms with van der Waals surface area (Å²) in [6.45, 7) is 0. The highest BCUT2D eigenvalue weighted by molar-refractivity contribution is 5.93. The fourth-order valence-corrected chi connectivity index (χ4v) is 3.75. The normalized spacial score (nSPS) is 19.6. The van der Waals surface area contributed by atoms with Gasteiger partial charge in [-0.3, -0.25) is 4.79 Å². The SMILES string of the molecule is COc1ccc([C@H]2CC(=O)[C@H](c3ccccc3)N2c2ccccc2)cc1. The largest absolute Gasteiger partial charge is 0.497 e. The highest BCUT2D eigenvalue weighted by Crippen LogP contribution is 2.44. The number of nitrogens with zero attached hydrogens (tertiary/aromatic N) is 1. The number of ketones is 1. The van der Waals surface area contributed by atoms with Gasteiger partial charge in [0.2, 0.25) is 0 Å². The van der Waals surface area contributed by atoms with Crippen LogP contribution >= 0.6 is 0 Å². The van der Waals surface area contributed by atoms with Crippen LogP contribution in [0.15, 0.2) is 84.9 Å². The molecule has 0 radical (unpaired) electrons. The van der Waals surface area contributed by atoms with Gasteiger partial charge in [0.1, 0.15) is 11.8 Å². The Kier molecular flexibility index (Phi) is 4.44. The molecule has 3 aromatic rings. The zero-order valence-corrected chi connectivity index (χ0v) is 14.7. The number of ether oxygens (including phenoxy) is 1. The van der Waals surface area contributed by atoms with Crippen molar-refractivity contribution in [1.82, 2.24) is 0 Å². The van der Waals surface area contributed by atoms with Crippen LogP contribution in [0.5, 0.6) is 5.75 Å². The molecule has 0 aromatic heterocycles. The Morgan fingerprint density at radius 1 is 0.808 bits per heavy atom. The molecule has 1 heterocycles. The van der Waals surface area contributed by atoms with Crippen molar-refractivity contribution in [1.29, 1.82) is 0 Å². The maximum Gasteiger partial charge on any atom is 0.162 e. The molecule has 0 N–H and O–H groups in total. The van der Waals surface area contributed by atoms with Gasteiger partial charge in [-0.1, -0.05) is 60.7 Å². The van der Waals surface area contributed by atoms with E-state index in [0.29, 0.717) is 6.42 Å². The Hall–Kier alpha value is -3.07. The molecule has 130 valence electrons. The van der Waals surface area contributed by atoms with Crippen molar-refractivity contribution in [3.63, 3.8) is 0 Å². The maximum atomic E-state index is 13.0. The lowest BCUT2D eigenvalue weighted by Gasteiger charge is -2.32. The standard InChI is InChI=1S/C23H21NO2/c1-26-20-14-12-17(13-15-20)21-16-22(25)23(18-8-4-2-5-9-18)24(21)19-10-6-3-7-11-19/h2-15,21,23H,16H2,1H3/t21-,23+/m1/s1. The van der Waals surface area contributed by atoms with E-state index in [0.717, 1.165) is 22.6 Å². The summed E-state index contributed by atoms with van der Waals surface area (Å²) in [7, 11) is 1.66. The Labute approximate surface area is 153 Å². The number of hydrogen-bond acceptors (Lipinski definition) is 3. The minimum Gasteiger partial charge on any atom is -0.497 e. The summed E-state index contributed by atoms with van der Waals surface area (Å²) >= 11 is 0. The zero-order chi connectivity index (χ0) is 17.9. The van der Waals surface area contributed by atoms with Gasteiger partial charge in [0, 0.05) is 12.1 Å². The molecule has 3 nitrogen and oxygen atoms in total. The third kappa shape index (κ3) is 2.97. The number of Topliss-reactive ketones (excluding diaryl/α,β-unsaturated/α-hetero) is 1. The molecule has 1 fully saturated rings. The van der Waals surface area contributed by atoms with Crippen LogP contribution in [0.4, 0.5) is 5.69 Å². The van der Waals surface area contributed by atoms with Crippen LogP contribution < -0.4 is 9.64 Å². The third-order valence-corrected chi connectivity index (χ3v) is 4.98. The van der Waals surface area contributed by atoms with Gasteiger partial charge in [0.25, 0.3) is 0 Å². The Morgan fingerprint density at radius 3 is 2.04 bits per heavy atom. The van der Waals surface area contributed by atoms with Gasteiger partial charge in [-0.25, -0.2) is 0 Å². The number of para-hydroxylation sites is 1. The number of rotatable bonds is 4. The highest BCUT2D eigenvalue weighted by Gasteiger charge is 2.41. The molecule has 0 bridgehead atoms. The molecule has 0 aliphatic carbocycles. The van der Waals surface area contributed by atoms with E-state index in [-0.39, 0.29) is 17.9 Å². The quantitative estimate of drug-likeness (QED) is 0.671. The van der Waals surface area contributed by atoms with E-state index in [1.807, 2.05) is 60.7 Å². The fourth-order valence-electron chi connectivity index (χ4n) is 3.75. The van der Waals surface area contributed by atoms with Gasteiger partial charge in [-0.2, -0.15) is 0 Å². The summed E-state index contributed by atoms with van der Waals surface area (Å²) in [5, 5.41) is 0. The van der Waals surface area contributed by atoms with Gasteiger partial charge in [-0.05, 0) is 35.4 Å². The average Bonchev–Trinajstić information content (AvgIpc) is 3.06. The van der Waals surface area contributed by atoms with E-state index >= 15 is 0 Å². The summed E-state index contributed by atoms with van der Waals surface area (Å²) in [4.78, 5) is 15.2. The molecular weight excluding hydrogens is 322 g/mol. The second-order valence-corrected chi connectivity index (χ2v) is 6.52. The minimum absolute atomic E-state index is 0.0148. The van der Waals surface area contributed by atoms with E-state index in [1.165, 1.54) is 0 Å². The minimum atomic E-state index is -0.259. The maximum absolute atomic E-state index is 13.0. The van der Waals surface area contributed by atoms with E-state index in [2.05, 4.69) is 29.2 Å². The molecule has 4 rings (SSSR count). The van der Waals surface area contributed by atoms with Crippen molar-refractivity contribution < 1.29 is 9.53 Å². The third-order valence-electron chi connectivity index (χ3n) is 4.98. The molecule has 0 amide bonds. The molecule has 0 spiro atoms. The van der Waals surface area contributed by atoms with E-state index in [4.69, 9.17) is 4.74 Å². The van der Waals surface area contributed by atoms with Crippen LogP contribution in [0.25, 0.3) is 0 Å². The first-order valence-electron chi connectivity index (χ1n) is 8.83. The summed E-state index contributed by atoms with van der Waals surface area (Å²) in [6, 6.07) is 28.0. The second kappa shape index (κ2) is 7.04. The van der Waals surface area contributed by atoms with Crippen molar-refractivity contribution in [3.8, 4) is 5.75 Å². The average molecular weight is 343 g/mol. The second-order valence-electron chi connectivity index (χ2n) is 6.52. The van der Waals surface area contributed by atoms with E-state index < -0.39 is 0 Å². The van der Waals surface area contributed by atoms with E-state index in [1.54, 1.807) is 7.11 Å². The number of benzene rings is 3. The molecule has 1 aliphatic rings. The number of methoxy groups -OCH3 is 1. The lowest BCUT2D eigenvalue weighted by Crippen LogP contribution is -2.27. The molecule has 0 saturated carbocycles. The first kappa shape index (κ1) is 16.4. The topological polar surface area (TPSA) is 29.5 Å². The smallest absolute Gasteiger partial charge is 0.162 e. The van der Waals surface area contributed by atoms with Gasteiger partial charge in [-0.15, -0.1) is 0 Å². The first-order chi connectivity index (χ1) is 12.8. The van der Waals surface area contributed by atoms with Crippen LogP contribution in [-0.4, -0.2) is 12.9 Å². The van der Waals surface area contributed by atoms with Gasteiger partial charge >= 0.3 is 0 Å². The highest BCUT2D eigenvalue weighted by atomic mass is 16.5. The van der Waals surface area contributed by atoms with Crippen LogP contribution in [0.2, 0.25) is 0 Å². The molecular formula is C23H21NO2. The predicted octanol–water partition coefficient (Wildman–Crippen LogP) is 4.96. The Morgan fingerprint density at radius 2 is 1.42 bits per heavy atom. The summed E-state index contributed by atoms with van der Waals surface area (Å²) in [5.74, 6) is 1.07. The van der Waals surface area contributed by atoms with Crippen molar-refractivity contribution >= 4 is 11.5 Å². The number of anilines is 1. The van der Waals surface area contributed by atoms with Crippen molar-refractivity contribution in [2.75, 3.05) is 12.0 Å².